The number of ketones is 1. The maximum Gasteiger partial charge on any atom is 0.284 e. The molecule has 0 unspecified atom stereocenters. The summed E-state index contributed by atoms with van der Waals surface area (Å²) in [6.45, 7) is 1.32. The Morgan fingerprint density at radius 3 is 2.10 bits per heavy atom. The van der Waals surface area contributed by atoms with E-state index in [2.05, 4.69) is 0 Å². The van der Waals surface area contributed by atoms with Crippen LogP contribution in [0.4, 0.5) is 11.4 Å². The predicted octanol–water partition coefficient (Wildman–Crippen LogP) is 2.79. The minimum absolute atomic E-state index is 0.130. The molecule has 2 aromatic rings. The van der Waals surface area contributed by atoms with Gasteiger partial charge in [-0.1, -0.05) is 18.2 Å². The zero-order chi connectivity index (χ0) is 14.9. The molecule has 0 heterocycles. The number of carbonyl (C=O) groups excluding carboxylic acids is 1. The summed E-state index contributed by atoms with van der Waals surface area (Å²) in [7, 11) is 0. The summed E-state index contributed by atoms with van der Waals surface area (Å²) >= 11 is 0. The number of nitro groups is 2. The molecule has 20 heavy (non-hydrogen) atoms. The van der Waals surface area contributed by atoms with Gasteiger partial charge in [0.1, 0.15) is 5.78 Å². The first-order valence-corrected chi connectivity index (χ1v) is 5.74. The van der Waals surface area contributed by atoms with Crippen molar-refractivity contribution in [1.29, 1.82) is 0 Å². The van der Waals surface area contributed by atoms with Gasteiger partial charge in [0, 0.05) is 12.0 Å². The first-order chi connectivity index (χ1) is 9.41. The van der Waals surface area contributed by atoms with E-state index in [-0.39, 0.29) is 23.5 Å². The number of hydrogen-bond acceptors (Lipinski definition) is 5. The lowest BCUT2D eigenvalue weighted by molar-refractivity contribution is -0.393. The van der Waals surface area contributed by atoms with E-state index in [1.54, 1.807) is 18.2 Å². The number of non-ortho nitro benzene ring substituents is 1. The molecule has 0 aliphatic heterocycles. The fourth-order valence-corrected chi connectivity index (χ4v) is 2.15. The molecule has 102 valence electrons. The molecule has 0 aromatic heterocycles. The summed E-state index contributed by atoms with van der Waals surface area (Å²) in [6, 6.07) is 7.22. The van der Waals surface area contributed by atoms with Crippen molar-refractivity contribution in [1.82, 2.24) is 0 Å². The van der Waals surface area contributed by atoms with Crippen molar-refractivity contribution in [3.8, 4) is 0 Å². The van der Waals surface area contributed by atoms with Crippen LogP contribution in [0.3, 0.4) is 0 Å². The number of fused-ring (bicyclic) bond motifs is 1. The number of nitrogens with zero attached hydrogens (tertiary/aromatic N) is 2. The first kappa shape index (κ1) is 13.6. The maximum atomic E-state index is 11.3. The Labute approximate surface area is 113 Å². The van der Waals surface area contributed by atoms with Gasteiger partial charge in [-0.3, -0.25) is 25.0 Å². The van der Waals surface area contributed by atoms with E-state index < -0.39 is 15.5 Å². The molecule has 0 aliphatic rings. The highest BCUT2D eigenvalue weighted by molar-refractivity contribution is 5.98. The summed E-state index contributed by atoms with van der Waals surface area (Å²) in [6.07, 6.45) is -0.130. The highest BCUT2D eigenvalue weighted by atomic mass is 16.6. The van der Waals surface area contributed by atoms with Gasteiger partial charge in [-0.15, -0.1) is 0 Å². The van der Waals surface area contributed by atoms with E-state index >= 15 is 0 Å². The topological polar surface area (TPSA) is 103 Å². The monoisotopic (exact) mass is 274 g/mol. The molecule has 0 spiro atoms. The summed E-state index contributed by atoms with van der Waals surface area (Å²) in [5, 5.41) is 22.8. The summed E-state index contributed by atoms with van der Waals surface area (Å²) < 4.78 is 0. The average Bonchev–Trinajstić information content (AvgIpc) is 2.37. The number of rotatable bonds is 4. The average molecular weight is 274 g/mol. The highest BCUT2D eigenvalue weighted by Gasteiger charge is 2.25. The maximum absolute atomic E-state index is 11.3. The van der Waals surface area contributed by atoms with Crippen LogP contribution in [0.5, 0.6) is 0 Å². The zero-order valence-corrected chi connectivity index (χ0v) is 10.5. The van der Waals surface area contributed by atoms with Gasteiger partial charge in [0.2, 0.25) is 0 Å². The Kier molecular flexibility index (Phi) is 3.43. The molecule has 2 rings (SSSR count). The van der Waals surface area contributed by atoms with E-state index in [1.165, 1.54) is 13.0 Å². The number of Topliss-reactive ketones (excluding diaryl/α,β-unsaturated/α-hetero) is 1. The van der Waals surface area contributed by atoms with Crippen molar-refractivity contribution in [3.05, 3.63) is 56.1 Å². The van der Waals surface area contributed by atoms with Gasteiger partial charge in [0.05, 0.1) is 21.3 Å². The fraction of sp³-hybridized carbons (Fsp3) is 0.154. The Balaban J connectivity index is 2.90. The standard InChI is InChI=1S/C13H10N2O5/c1-8(16)6-11-9-4-2-3-5-10(9)12(14(17)18)7-13(11)15(19)20/h2-5,7H,6H2,1H3. The Bertz CT molecular complexity index is 739. The molecular formula is C13H10N2O5. The van der Waals surface area contributed by atoms with Crippen LogP contribution in [-0.4, -0.2) is 15.6 Å². The lowest BCUT2D eigenvalue weighted by Crippen LogP contribution is -2.04. The zero-order valence-electron chi connectivity index (χ0n) is 10.5. The smallest absolute Gasteiger partial charge is 0.284 e. The molecule has 0 bridgehead atoms. The van der Waals surface area contributed by atoms with Crippen LogP contribution in [0.25, 0.3) is 10.8 Å². The van der Waals surface area contributed by atoms with Gasteiger partial charge in [-0.05, 0) is 18.4 Å². The van der Waals surface area contributed by atoms with Crippen LogP contribution < -0.4 is 0 Å². The number of carbonyl (C=O) groups is 1. The van der Waals surface area contributed by atoms with Crippen LogP contribution in [0, 0.1) is 20.2 Å². The predicted molar refractivity (Wildman–Crippen MR) is 71.6 cm³/mol. The van der Waals surface area contributed by atoms with Gasteiger partial charge < -0.3 is 0 Å². The molecule has 7 heteroatoms. The molecule has 0 aliphatic carbocycles. The molecule has 0 saturated carbocycles. The summed E-state index contributed by atoms with van der Waals surface area (Å²) in [5.41, 5.74) is -0.520. The third-order valence-corrected chi connectivity index (χ3v) is 2.93. The Morgan fingerprint density at radius 1 is 1.05 bits per heavy atom. The molecule has 0 atom stereocenters. The van der Waals surface area contributed by atoms with Gasteiger partial charge in [-0.25, -0.2) is 0 Å². The van der Waals surface area contributed by atoms with E-state index in [1.807, 2.05) is 0 Å². The molecule has 7 nitrogen and oxygen atoms in total. The molecule has 0 N–H and O–H groups in total. The van der Waals surface area contributed by atoms with Crippen LogP contribution in [0.1, 0.15) is 12.5 Å². The van der Waals surface area contributed by atoms with Crippen LogP contribution >= 0.6 is 0 Å². The highest BCUT2D eigenvalue weighted by Crippen LogP contribution is 2.35. The second-order valence-electron chi connectivity index (χ2n) is 4.33. The quantitative estimate of drug-likeness (QED) is 0.629. The molecule has 0 fully saturated rings. The van der Waals surface area contributed by atoms with Gasteiger partial charge in [0.25, 0.3) is 11.4 Å². The lowest BCUT2D eigenvalue weighted by atomic mass is 9.97. The van der Waals surface area contributed by atoms with Crippen molar-refractivity contribution in [3.63, 3.8) is 0 Å². The summed E-state index contributed by atoms with van der Waals surface area (Å²) in [4.78, 5) is 32.1. The van der Waals surface area contributed by atoms with Gasteiger partial charge >= 0.3 is 0 Å². The molecule has 0 radical (unpaired) electrons. The van der Waals surface area contributed by atoms with Crippen LogP contribution in [0.15, 0.2) is 30.3 Å². The first-order valence-electron chi connectivity index (χ1n) is 5.74. The number of hydrogen-bond donors (Lipinski definition) is 0. The van der Waals surface area contributed by atoms with Crippen molar-refractivity contribution < 1.29 is 14.6 Å². The minimum atomic E-state index is -0.697. The lowest BCUT2D eigenvalue weighted by Gasteiger charge is -2.07. The molecule has 0 amide bonds. The van der Waals surface area contributed by atoms with Crippen molar-refractivity contribution in [2.45, 2.75) is 13.3 Å². The van der Waals surface area contributed by atoms with Gasteiger partial charge in [-0.2, -0.15) is 0 Å². The van der Waals surface area contributed by atoms with Crippen molar-refractivity contribution in [2.75, 3.05) is 0 Å². The molecular weight excluding hydrogens is 264 g/mol. The van der Waals surface area contributed by atoms with E-state index in [0.29, 0.717) is 10.8 Å². The third-order valence-electron chi connectivity index (χ3n) is 2.93. The van der Waals surface area contributed by atoms with Crippen LogP contribution in [0.2, 0.25) is 0 Å². The van der Waals surface area contributed by atoms with Crippen molar-refractivity contribution >= 4 is 27.9 Å². The number of nitro benzene ring substituents is 2. The molecule has 0 saturated heterocycles. The Hall–Kier alpha value is -2.83. The van der Waals surface area contributed by atoms with Gasteiger partial charge in [0.15, 0.2) is 0 Å². The third kappa shape index (κ3) is 2.33. The van der Waals surface area contributed by atoms with E-state index in [0.717, 1.165) is 6.07 Å². The van der Waals surface area contributed by atoms with E-state index in [9.17, 15) is 25.0 Å². The van der Waals surface area contributed by atoms with Crippen LogP contribution in [-0.2, 0) is 11.2 Å². The molecule has 2 aromatic carbocycles. The Morgan fingerprint density at radius 2 is 1.60 bits per heavy atom. The minimum Gasteiger partial charge on any atom is -0.300 e. The number of benzene rings is 2. The second-order valence-corrected chi connectivity index (χ2v) is 4.33. The SMILES string of the molecule is CC(=O)Cc1c([N+](=O)[O-])cc([N+](=O)[O-])c2ccccc12. The summed E-state index contributed by atoms with van der Waals surface area (Å²) in [5.74, 6) is -0.243. The fourth-order valence-electron chi connectivity index (χ4n) is 2.15. The van der Waals surface area contributed by atoms with E-state index in [4.69, 9.17) is 0 Å². The van der Waals surface area contributed by atoms with Crippen molar-refractivity contribution in [2.24, 2.45) is 0 Å². The normalized spacial score (nSPS) is 10.4. The largest absolute Gasteiger partial charge is 0.300 e. The second kappa shape index (κ2) is 5.04.